The summed E-state index contributed by atoms with van der Waals surface area (Å²) < 4.78 is 0. The van der Waals surface area contributed by atoms with Crippen LogP contribution in [-0.4, -0.2) is 18.4 Å². The van der Waals surface area contributed by atoms with E-state index in [-0.39, 0.29) is 6.04 Å². The molecule has 0 aromatic rings. The highest BCUT2D eigenvalue weighted by atomic mass is 16.1. The highest BCUT2D eigenvalue weighted by Gasteiger charge is 2.34. The van der Waals surface area contributed by atoms with Gasteiger partial charge < -0.3 is 5.32 Å². The van der Waals surface area contributed by atoms with Gasteiger partial charge in [-0.2, -0.15) is 0 Å². The summed E-state index contributed by atoms with van der Waals surface area (Å²) in [5.41, 5.74) is 0.417. The Labute approximate surface area is 107 Å². The van der Waals surface area contributed by atoms with Crippen molar-refractivity contribution in [2.45, 2.75) is 72.3 Å². The molecule has 0 aromatic heterocycles. The van der Waals surface area contributed by atoms with Gasteiger partial charge in [0.2, 0.25) is 0 Å². The van der Waals surface area contributed by atoms with E-state index in [0.29, 0.717) is 23.5 Å². The molecule has 0 heterocycles. The molecule has 0 bridgehead atoms. The molecule has 0 amide bonds. The van der Waals surface area contributed by atoms with E-state index in [2.05, 4.69) is 26.1 Å². The quantitative estimate of drug-likeness (QED) is 0.768. The van der Waals surface area contributed by atoms with Crippen molar-refractivity contribution in [2.24, 2.45) is 11.3 Å². The Morgan fingerprint density at radius 2 is 2.06 bits per heavy atom. The molecule has 1 rings (SSSR count). The number of hydrogen-bond donors (Lipinski definition) is 1. The summed E-state index contributed by atoms with van der Waals surface area (Å²) in [6.07, 6.45) is 7.01. The predicted octanol–water partition coefficient (Wildman–Crippen LogP) is 3.55. The molecule has 0 radical (unpaired) electrons. The van der Waals surface area contributed by atoms with Crippen LogP contribution in [0.25, 0.3) is 0 Å². The summed E-state index contributed by atoms with van der Waals surface area (Å²) in [4.78, 5) is 11.9. The van der Waals surface area contributed by atoms with Gasteiger partial charge in [0.25, 0.3) is 0 Å². The SMILES string of the molecule is CCNC(CC1CCCCC1(C)C)C(=O)CC. The monoisotopic (exact) mass is 239 g/mol. The molecular weight excluding hydrogens is 210 g/mol. The summed E-state index contributed by atoms with van der Waals surface area (Å²) in [6.45, 7) is 9.69. The van der Waals surface area contributed by atoms with Gasteiger partial charge in [-0.3, -0.25) is 4.79 Å². The molecule has 1 aliphatic carbocycles. The highest BCUT2D eigenvalue weighted by Crippen LogP contribution is 2.42. The molecular formula is C15H29NO. The van der Waals surface area contributed by atoms with Gasteiger partial charge in [-0.15, -0.1) is 0 Å². The average molecular weight is 239 g/mol. The first kappa shape index (κ1) is 14.7. The van der Waals surface area contributed by atoms with Crippen LogP contribution in [0.2, 0.25) is 0 Å². The van der Waals surface area contributed by atoms with Gasteiger partial charge in [0, 0.05) is 6.42 Å². The third-order valence-corrected chi connectivity index (χ3v) is 4.44. The first-order valence-electron chi connectivity index (χ1n) is 7.27. The predicted molar refractivity (Wildman–Crippen MR) is 73.1 cm³/mol. The maximum atomic E-state index is 11.9. The first-order valence-corrected chi connectivity index (χ1v) is 7.27. The van der Waals surface area contributed by atoms with E-state index >= 15 is 0 Å². The Bertz CT molecular complexity index is 247. The standard InChI is InChI=1S/C15H29NO/c1-5-14(17)13(16-6-2)11-12-9-7-8-10-15(12,3)4/h12-13,16H,5-11H2,1-4H3. The maximum absolute atomic E-state index is 11.9. The smallest absolute Gasteiger partial charge is 0.149 e. The normalized spacial score (nSPS) is 25.5. The molecule has 0 aliphatic heterocycles. The zero-order valence-corrected chi connectivity index (χ0v) is 12.0. The van der Waals surface area contributed by atoms with E-state index in [1.54, 1.807) is 0 Å². The van der Waals surface area contributed by atoms with Crippen LogP contribution in [0.4, 0.5) is 0 Å². The Hall–Kier alpha value is -0.370. The molecule has 2 heteroatoms. The Kier molecular flexibility index (Phi) is 5.64. The summed E-state index contributed by atoms with van der Waals surface area (Å²) in [6, 6.07) is 0.0902. The maximum Gasteiger partial charge on any atom is 0.149 e. The second-order valence-electron chi connectivity index (χ2n) is 6.10. The van der Waals surface area contributed by atoms with Gasteiger partial charge in [-0.25, -0.2) is 0 Å². The summed E-state index contributed by atoms with van der Waals surface area (Å²) in [5.74, 6) is 1.09. The van der Waals surface area contributed by atoms with Crippen LogP contribution in [-0.2, 0) is 4.79 Å². The molecule has 0 saturated heterocycles. The van der Waals surface area contributed by atoms with Crippen molar-refractivity contribution in [1.29, 1.82) is 0 Å². The fraction of sp³-hybridized carbons (Fsp3) is 0.933. The molecule has 2 unspecified atom stereocenters. The zero-order chi connectivity index (χ0) is 12.9. The van der Waals surface area contributed by atoms with Crippen molar-refractivity contribution in [3.8, 4) is 0 Å². The van der Waals surface area contributed by atoms with Crippen LogP contribution in [0.15, 0.2) is 0 Å². The summed E-state index contributed by atoms with van der Waals surface area (Å²) in [7, 11) is 0. The van der Waals surface area contributed by atoms with Gasteiger partial charge in [0.15, 0.2) is 0 Å². The fourth-order valence-electron chi connectivity index (χ4n) is 3.11. The molecule has 100 valence electrons. The van der Waals surface area contributed by atoms with E-state index in [4.69, 9.17) is 0 Å². The van der Waals surface area contributed by atoms with Crippen molar-refractivity contribution < 1.29 is 4.79 Å². The number of likely N-dealkylation sites (N-methyl/N-ethyl adjacent to an activating group) is 1. The third-order valence-electron chi connectivity index (χ3n) is 4.44. The molecule has 1 N–H and O–H groups in total. The van der Waals surface area contributed by atoms with Crippen molar-refractivity contribution in [2.75, 3.05) is 6.54 Å². The zero-order valence-electron chi connectivity index (χ0n) is 12.0. The number of rotatable bonds is 6. The van der Waals surface area contributed by atoms with Crippen LogP contribution in [0, 0.1) is 11.3 Å². The van der Waals surface area contributed by atoms with Gasteiger partial charge >= 0.3 is 0 Å². The third kappa shape index (κ3) is 4.09. The Morgan fingerprint density at radius 3 is 2.59 bits per heavy atom. The minimum absolute atomic E-state index is 0.0902. The van der Waals surface area contributed by atoms with E-state index in [0.717, 1.165) is 13.0 Å². The lowest BCUT2D eigenvalue weighted by Gasteiger charge is -2.40. The Balaban J connectivity index is 2.61. The van der Waals surface area contributed by atoms with E-state index in [9.17, 15) is 4.79 Å². The van der Waals surface area contributed by atoms with Crippen LogP contribution < -0.4 is 5.32 Å². The number of ketones is 1. The lowest BCUT2D eigenvalue weighted by Crippen LogP contribution is -2.41. The number of Topliss-reactive ketones (excluding diaryl/α,β-unsaturated/α-hetero) is 1. The summed E-state index contributed by atoms with van der Waals surface area (Å²) in [5, 5.41) is 3.37. The largest absolute Gasteiger partial charge is 0.308 e. The van der Waals surface area contributed by atoms with Crippen LogP contribution in [0.5, 0.6) is 0 Å². The van der Waals surface area contributed by atoms with Gasteiger partial charge in [-0.1, -0.05) is 40.5 Å². The number of nitrogens with one attached hydrogen (secondary N) is 1. The minimum atomic E-state index is 0.0902. The average Bonchev–Trinajstić information content (AvgIpc) is 2.29. The second kappa shape index (κ2) is 6.53. The topological polar surface area (TPSA) is 29.1 Å². The van der Waals surface area contributed by atoms with E-state index < -0.39 is 0 Å². The van der Waals surface area contributed by atoms with Crippen LogP contribution in [0.1, 0.15) is 66.2 Å². The van der Waals surface area contributed by atoms with Crippen LogP contribution in [0.3, 0.4) is 0 Å². The Morgan fingerprint density at radius 1 is 1.35 bits per heavy atom. The number of carbonyl (C=O) groups excluding carboxylic acids is 1. The molecule has 2 nitrogen and oxygen atoms in total. The van der Waals surface area contributed by atoms with E-state index in [1.807, 2.05) is 6.92 Å². The van der Waals surface area contributed by atoms with Crippen molar-refractivity contribution in [3.63, 3.8) is 0 Å². The van der Waals surface area contributed by atoms with Crippen molar-refractivity contribution in [3.05, 3.63) is 0 Å². The number of hydrogen-bond acceptors (Lipinski definition) is 2. The minimum Gasteiger partial charge on any atom is -0.308 e. The number of carbonyl (C=O) groups is 1. The second-order valence-corrected chi connectivity index (χ2v) is 6.10. The molecule has 0 spiro atoms. The lowest BCUT2D eigenvalue weighted by molar-refractivity contribution is -0.121. The van der Waals surface area contributed by atoms with Gasteiger partial charge in [-0.05, 0) is 37.1 Å². The molecule has 2 atom stereocenters. The van der Waals surface area contributed by atoms with Gasteiger partial charge in [0.05, 0.1) is 6.04 Å². The molecule has 17 heavy (non-hydrogen) atoms. The van der Waals surface area contributed by atoms with Gasteiger partial charge in [0.1, 0.15) is 5.78 Å². The molecule has 1 fully saturated rings. The molecule has 1 aliphatic rings. The fourth-order valence-corrected chi connectivity index (χ4v) is 3.11. The first-order chi connectivity index (χ1) is 8.01. The van der Waals surface area contributed by atoms with Crippen LogP contribution >= 0.6 is 0 Å². The lowest BCUT2D eigenvalue weighted by atomic mass is 9.66. The highest BCUT2D eigenvalue weighted by molar-refractivity contribution is 5.83. The van der Waals surface area contributed by atoms with Crippen molar-refractivity contribution in [1.82, 2.24) is 5.32 Å². The molecule has 0 aromatic carbocycles. The van der Waals surface area contributed by atoms with E-state index in [1.165, 1.54) is 25.7 Å². The summed E-state index contributed by atoms with van der Waals surface area (Å²) >= 11 is 0. The van der Waals surface area contributed by atoms with Crippen molar-refractivity contribution >= 4 is 5.78 Å². The molecule has 1 saturated carbocycles.